The molecule has 3 aromatic carbocycles. The van der Waals surface area contributed by atoms with Gasteiger partial charge in [-0.05, 0) is 58.9 Å². The highest BCUT2D eigenvalue weighted by atomic mass is 32.1. The summed E-state index contributed by atoms with van der Waals surface area (Å²) in [6, 6.07) is 24.2. The maximum absolute atomic E-state index is 14.6. The van der Waals surface area contributed by atoms with Crippen LogP contribution in [0.15, 0.2) is 96.9 Å². The number of hydrogen-bond donors (Lipinski definition) is 2. The van der Waals surface area contributed by atoms with Crippen LogP contribution in [0.4, 0.5) is 4.79 Å². The van der Waals surface area contributed by atoms with Gasteiger partial charge in [0.25, 0.3) is 5.91 Å². The van der Waals surface area contributed by atoms with Gasteiger partial charge in [0.15, 0.2) is 6.10 Å². The van der Waals surface area contributed by atoms with E-state index in [-0.39, 0.29) is 67.3 Å². The van der Waals surface area contributed by atoms with E-state index in [1.165, 1.54) is 17.4 Å². The minimum Gasteiger partial charge on any atom is -0.461 e. The largest absolute Gasteiger partial charge is 0.461 e. The van der Waals surface area contributed by atoms with Gasteiger partial charge in [-0.15, -0.1) is 11.3 Å². The number of fused-ring (bicyclic) bond motifs is 3. The lowest BCUT2D eigenvalue weighted by molar-refractivity contribution is -0.151. The molecule has 13 heteroatoms. The summed E-state index contributed by atoms with van der Waals surface area (Å²) in [5, 5.41) is 8.07. The van der Waals surface area contributed by atoms with Crippen LogP contribution in [0.3, 0.4) is 0 Å². The van der Waals surface area contributed by atoms with Crippen molar-refractivity contribution in [1.29, 1.82) is 0 Å². The van der Waals surface area contributed by atoms with E-state index in [2.05, 4.69) is 48.4 Å². The summed E-state index contributed by atoms with van der Waals surface area (Å²) in [6.45, 7) is 15.5. The number of alkyl carbamates (subject to hydrolysis) is 1. The predicted molar refractivity (Wildman–Crippen MR) is 259 cm³/mol. The van der Waals surface area contributed by atoms with Gasteiger partial charge < -0.3 is 29.7 Å². The number of unbranched alkanes of at least 4 members (excludes halogenated alkanes) is 2. The molecule has 1 aliphatic carbocycles. The van der Waals surface area contributed by atoms with Crippen LogP contribution in [-0.2, 0) is 35.0 Å². The van der Waals surface area contributed by atoms with E-state index >= 15 is 0 Å². The molecular weight excluding hydrogens is 853 g/mol. The van der Waals surface area contributed by atoms with Crippen LogP contribution in [0.25, 0.3) is 11.1 Å². The molecule has 1 aromatic heterocycles. The number of nitrogens with one attached hydrogen (secondary N) is 2. The third-order valence-electron chi connectivity index (χ3n) is 12.5. The number of aromatic nitrogens is 1. The molecule has 4 aromatic rings. The van der Waals surface area contributed by atoms with Crippen LogP contribution in [0, 0.1) is 17.8 Å². The van der Waals surface area contributed by atoms with Gasteiger partial charge in [0.05, 0.1) is 5.92 Å². The number of amides is 3. The second-order valence-electron chi connectivity index (χ2n) is 17.8. The van der Waals surface area contributed by atoms with Gasteiger partial charge in [0.2, 0.25) is 5.91 Å². The van der Waals surface area contributed by atoms with Gasteiger partial charge in [-0.25, -0.2) is 9.78 Å². The lowest BCUT2D eigenvalue weighted by Gasteiger charge is -2.36. The van der Waals surface area contributed by atoms with E-state index in [0.29, 0.717) is 30.7 Å². The number of thiazole rings is 1. The molecule has 1 heterocycles. The van der Waals surface area contributed by atoms with Crippen molar-refractivity contribution >= 4 is 41.2 Å². The van der Waals surface area contributed by atoms with Crippen LogP contribution in [0.1, 0.15) is 131 Å². The van der Waals surface area contributed by atoms with E-state index in [4.69, 9.17) is 19.2 Å². The predicted octanol–water partition coefficient (Wildman–Crippen LogP) is 10.2. The van der Waals surface area contributed by atoms with Gasteiger partial charge in [0, 0.05) is 43.3 Å². The zero-order chi connectivity index (χ0) is 47.8. The van der Waals surface area contributed by atoms with Gasteiger partial charge >= 0.3 is 18.0 Å². The van der Waals surface area contributed by atoms with Crippen molar-refractivity contribution in [2.75, 3.05) is 20.3 Å². The third-order valence-corrected chi connectivity index (χ3v) is 13.4. The minimum atomic E-state index is -0.891. The highest BCUT2D eigenvalue weighted by Gasteiger charge is 2.37. The summed E-state index contributed by atoms with van der Waals surface area (Å²) in [7, 11) is 1.71. The molecule has 0 radical (unpaired) electrons. The molecule has 1 aliphatic rings. The summed E-state index contributed by atoms with van der Waals surface area (Å²) < 4.78 is 17.3. The van der Waals surface area contributed by atoms with Gasteiger partial charge in [-0.3, -0.25) is 19.2 Å². The Balaban J connectivity index is 1.32. The number of hydrogen-bond acceptors (Lipinski definition) is 10. The summed E-state index contributed by atoms with van der Waals surface area (Å²) in [5.74, 6) is -2.46. The number of likely N-dealkylation sites (N-methyl/N-ethyl adjacent to an activating group) is 1. The molecule has 6 atom stereocenters. The Bertz CT molecular complexity index is 2200. The Labute approximate surface area is 394 Å². The molecule has 0 saturated heterocycles. The third kappa shape index (κ3) is 13.9. The molecule has 0 spiro atoms. The minimum absolute atomic E-state index is 0.100. The number of carbonyl (C=O) groups is 5. The molecule has 0 unspecified atom stereocenters. The number of benzene rings is 3. The maximum atomic E-state index is 14.6. The molecule has 3 amide bonds. The van der Waals surface area contributed by atoms with Crippen molar-refractivity contribution in [2.24, 2.45) is 17.8 Å². The van der Waals surface area contributed by atoms with Crippen molar-refractivity contribution in [3.05, 3.63) is 124 Å². The summed E-state index contributed by atoms with van der Waals surface area (Å²) >= 11 is 1.21. The second kappa shape index (κ2) is 25.2. The summed E-state index contributed by atoms with van der Waals surface area (Å²) in [5.41, 5.74) is 5.57. The van der Waals surface area contributed by atoms with Crippen molar-refractivity contribution in [1.82, 2.24) is 20.5 Å². The first kappa shape index (κ1) is 51.2. The van der Waals surface area contributed by atoms with Crippen molar-refractivity contribution in [2.45, 2.75) is 123 Å². The Morgan fingerprint density at radius 1 is 0.848 bits per heavy atom. The zero-order valence-electron chi connectivity index (χ0n) is 39.6. The number of carbonyl (C=O) groups excluding carboxylic acids is 5. The molecule has 66 heavy (non-hydrogen) atoms. The van der Waals surface area contributed by atoms with E-state index in [0.717, 1.165) is 40.7 Å². The molecule has 0 saturated carbocycles. The molecule has 0 aliphatic heterocycles. The first-order valence-corrected chi connectivity index (χ1v) is 24.3. The highest BCUT2D eigenvalue weighted by Crippen LogP contribution is 2.44. The Morgan fingerprint density at radius 2 is 1.50 bits per heavy atom. The number of rotatable bonds is 25. The first-order chi connectivity index (χ1) is 31.8. The highest BCUT2D eigenvalue weighted by molar-refractivity contribution is 7.09. The van der Waals surface area contributed by atoms with Crippen LogP contribution in [0.2, 0.25) is 0 Å². The molecule has 354 valence electrons. The van der Waals surface area contributed by atoms with Crippen molar-refractivity contribution < 1.29 is 38.2 Å². The Morgan fingerprint density at radius 3 is 2.12 bits per heavy atom. The van der Waals surface area contributed by atoms with Gasteiger partial charge in [0.1, 0.15) is 30.0 Å². The van der Waals surface area contributed by atoms with E-state index in [1.54, 1.807) is 24.3 Å². The topological polar surface area (TPSA) is 153 Å². The number of ether oxygens (including phenoxy) is 3. The number of nitrogens with zero attached hydrogens (tertiary/aromatic N) is 2. The molecule has 0 bridgehead atoms. The molecular formula is C53H68N4O8S. The van der Waals surface area contributed by atoms with Crippen LogP contribution in [0.5, 0.6) is 0 Å². The summed E-state index contributed by atoms with van der Waals surface area (Å²) in [6.07, 6.45) is 4.29. The van der Waals surface area contributed by atoms with E-state index < -0.39 is 42.1 Å². The van der Waals surface area contributed by atoms with E-state index in [1.807, 2.05) is 82.3 Å². The monoisotopic (exact) mass is 920 g/mol. The number of esters is 2. The first-order valence-electron chi connectivity index (χ1n) is 23.4. The average Bonchev–Trinajstić information content (AvgIpc) is 3.94. The average molecular weight is 921 g/mol. The maximum Gasteiger partial charge on any atom is 0.407 e. The van der Waals surface area contributed by atoms with Gasteiger partial charge in [-0.1, -0.05) is 152 Å². The smallest absolute Gasteiger partial charge is 0.407 e. The molecule has 2 N–H and O–H groups in total. The standard InChI is InChI=1S/C53H68N4O8S/c1-9-12-14-27-47(58)65-46(50-55-44(33-66-50)49(59)54-38(30-37-21-15-13-16-22-37)29-36(7)52(61)63-28-10-2)31-45(34(4)5)57(8)51(60)48(35(6)11-3)56-53(62)64-32-43-41-25-19-17-23-39(41)40-24-18-20-26-42(40)43/h10,13,15-26,33-36,38,43,45-46,48H,2,9,11-12,14,27-32H2,1,3-8H3,(H,54,59)(H,56,62)/t35-,36-,38+,45+,46+,48-/m0/s1. The van der Waals surface area contributed by atoms with E-state index in [9.17, 15) is 24.0 Å². The van der Waals surface area contributed by atoms with Gasteiger partial charge in [-0.2, -0.15) is 0 Å². The quantitative estimate of drug-likeness (QED) is 0.0286. The van der Waals surface area contributed by atoms with Crippen LogP contribution in [-0.4, -0.2) is 78.1 Å². The Kier molecular flexibility index (Phi) is 19.5. The fraction of sp³-hybridized carbons (Fsp3) is 0.472. The lowest BCUT2D eigenvalue weighted by atomic mass is 9.93. The van der Waals surface area contributed by atoms with Crippen molar-refractivity contribution in [3.63, 3.8) is 0 Å². The molecule has 0 fully saturated rings. The zero-order valence-corrected chi connectivity index (χ0v) is 40.4. The lowest BCUT2D eigenvalue weighted by Crippen LogP contribution is -2.54. The molecule has 12 nitrogen and oxygen atoms in total. The summed E-state index contributed by atoms with van der Waals surface area (Å²) in [4.78, 5) is 74.5. The van der Waals surface area contributed by atoms with Crippen LogP contribution < -0.4 is 10.6 Å². The van der Waals surface area contributed by atoms with Crippen molar-refractivity contribution in [3.8, 4) is 11.1 Å². The SMILES string of the molecule is C=CCOC(=O)[C@@H](C)C[C@H](Cc1ccccc1)NC(=O)c1csc([C@@H](C[C@H](C(C)C)N(C)C(=O)[C@@H](NC(=O)OCC2c3ccccc3-c3ccccc32)[C@@H](C)CC)OC(=O)CCCCC)n1. The second-order valence-corrected chi connectivity index (χ2v) is 18.6. The van der Waals surface area contributed by atoms with Crippen LogP contribution >= 0.6 is 11.3 Å². The molecule has 5 rings (SSSR count). The fourth-order valence-corrected chi connectivity index (χ4v) is 9.40. The fourth-order valence-electron chi connectivity index (χ4n) is 8.56. The Hall–Kier alpha value is -5.82. The normalized spacial score (nSPS) is 14.7.